The quantitative estimate of drug-likeness (QED) is 0.255. The Kier molecular flexibility index (Phi) is 14.4. The number of hydrogen-bond acceptors (Lipinski definition) is 6. The molecule has 2 N–H and O–H groups in total. The summed E-state index contributed by atoms with van der Waals surface area (Å²) in [6.07, 6.45) is 11.9. The number of ether oxygens (including phenoxy) is 4. The van der Waals surface area contributed by atoms with Gasteiger partial charge in [0, 0.05) is 43.6 Å². The van der Waals surface area contributed by atoms with Crippen LogP contribution >= 0.6 is 46.4 Å². The number of amides is 1. The number of benzene rings is 2. The van der Waals surface area contributed by atoms with E-state index in [0.717, 1.165) is 89.7 Å². The van der Waals surface area contributed by atoms with E-state index in [1.165, 1.54) is 18.4 Å². The predicted octanol–water partition coefficient (Wildman–Crippen LogP) is 8.62. The third-order valence-corrected chi connectivity index (χ3v) is 11.5. The molecule has 2 aromatic carbocycles. The van der Waals surface area contributed by atoms with Crippen LogP contribution < -0.4 is 10.6 Å². The SMILES string of the molecule is Clc1ccc(C2(CCOC3CCCCO3)CCCNC2)cc1Cl.O=C1CCC(CCOC2CCCCO2)(c2ccc(Cl)c(Cl)c2)CN1. The van der Waals surface area contributed by atoms with Gasteiger partial charge in [0.05, 0.1) is 33.3 Å². The molecule has 4 heterocycles. The molecule has 4 fully saturated rings. The molecule has 1 amide bonds. The van der Waals surface area contributed by atoms with Crippen molar-refractivity contribution in [2.75, 3.05) is 46.1 Å². The summed E-state index contributed by atoms with van der Waals surface area (Å²) in [6.45, 7) is 5.55. The van der Waals surface area contributed by atoms with E-state index in [1.807, 2.05) is 30.3 Å². The van der Waals surface area contributed by atoms with Gasteiger partial charge in [0.15, 0.2) is 12.6 Å². The molecule has 4 atom stereocenters. The number of rotatable bonds is 10. The second-order valence-corrected chi connectivity index (χ2v) is 14.8. The molecule has 2 aromatic rings. The van der Waals surface area contributed by atoms with Gasteiger partial charge in [-0.25, -0.2) is 0 Å². The summed E-state index contributed by atoms with van der Waals surface area (Å²) in [5, 5.41) is 8.86. The van der Waals surface area contributed by atoms with Crippen molar-refractivity contribution in [2.24, 2.45) is 0 Å². The summed E-state index contributed by atoms with van der Waals surface area (Å²) in [4.78, 5) is 11.6. The first-order chi connectivity index (χ1) is 22.8. The van der Waals surface area contributed by atoms with Gasteiger partial charge in [-0.1, -0.05) is 58.5 Å². The molecule has 11 heteroatoms. The van der Waals surface area contributed by atoms with Crippen molar-refractivity contribution in [3.05, 3.63) is 67.6 Å². The summed E-state index contributed by atoms with van der Waals surface area (Å²) in [5.41, 5.74) is 2.26. The number of nitrogens with one attached hydrogen (secondary N) is 2. The van der Waals surface area contributed by atoms with Crippen molar-refractivity contribution < 1.29 is 23.7 Å². The summed E-state index contributed by atoms with van der Waals surface area (Å²) >= 11 is 24.6. The zero-order chi connectivity index (χ0) is 33.1. The molecular formula is C36H48Cl4N2O5. The first-order valence-corrected chi connectivity index (χ1v) is 18.6. The van der Waals surface area contributed by atoms with Crippen molar-refractivity contribution in [1.82, 2.24) is 10.6 Å². The normalized spacial score (nSPS) is 28.2. The molecule has 0 aromatic heterocycles. The van der Waals surface area contributed by atoms with Crippen LogP contribution in [0.2, 0.25) is 20.1 Å². The van der Waals surface area contributed by atoms with Crippen molar-refractivity contribution in [3.8, 4) is 0 Å². The van der Waals surface area contributed by atoms with Gasteiger partial charge >= 0.3 is 0 Å². The van der Waals surface area contributed by atoms with Crippen molar-refractivity contribution >= 4 is 52.3 Å². The zero-order valence-electron chi connectivity index (χ0n) is 27.1. The van der Waals surface area contributed by atoms with Crippen LogP contribution in [-0.4, -0.2) is 64.5 Å². The van der Waals surface area contributed by atoms with Crippen LogP contribution in [0, 0.1) is 0 Å². The summed E-state index contributed by atoms with van der Waals surface area (Å²) in [6, 6.07) is 11.8. The molecule has 0 aliphatic carbocycles. The molecule has 0 spiro atoms. The molecule has 4 aliphatic rings. The van der Waals surface area contributed by atoms with E-state index < -0.39 is 0 Å². The number of piperidine rings is 2. The first kappa shape index (κ1) is 37.1. The maximum absolute atomic E-state index is 11.6. The van der Waals surface area contributed by atoms with Gasteiger partial charge < -0.3 is 29.6 Å². The highest BCUT2D eigenvalue weighted by molar-refractivity contribution is 6.42. The van der Waals surface area contributed by atoms with Gasteiger partial charge in [-0.2, -0.15) is 0 Å². The zero-order valence-corrected chi connectivity index (χ0v) is 30.1. The molecule has 0 bridgehead atoms. The van der Waals surface area contributed by atoms with E-state index in [-0.39, 0.29) is 29.3 Å². The Morgan fingerprint density at radius 2 is 1.26 bits per heavy atom. The van der Waals surface area contributed by atoms with Crippen LogP contribution in [0.1, 0.15) is 88.2 Å². The minimum atomic E-state index is -0.170. The summed E-state index contributed by atoms with van der Waals surface area (Å²) < 4.78 is 23.2. The van der Waals surface area contributed by atoms with Crippen LogP contribution in [0.25, 0.3) is 0 Å². The topological polar surface area (TPSA) is 78.1 Å². The molecule has 6 rings (SSSR count). The molecule has 4 saturated heterocycles. The highest BCUT2D eigenvalue weighted by Crippen LogP contribution is 2.39. The molecule has 4 unspecified atom stereocenters. The van der Waals surface area contributed by atoms with Gasteiger partial charge in [0.2, 0.25) is 5.91 Å². The molecular weight excluding hydrogens is 682 g/mol. The first-order valence-electron chi connectivity index (χ1n) is 17.1. The molecule has 4 aliphatic heterocycles. The predicted molar refractivity (Wildman–Crippen MR) is 189 cm³/mol. The fraction of sp³-hybridized carbons (Fsp3) is 0.639. The third-order valence-electron chi connectivity index (χ3n) is 10.0. The molecule has 0 radical (unpaired) electrons. The van der Waals surface area contributed by atoms with Gasteiger partial charge in [0.25, 0.3) is 0 Å². The Morgan fingerprint density at radius 3 is 1.68 bits per heavy atom. The van der Waals surface area contributed by atoms with E-state index in [1.54, 1.807) is 0 Å². The van der Waals surface area contributed by atoms with Crippen molar-refractivity contribution in [3.63, 3.8) is 0 Å². The lowest BCUT2D eigenvalue weighted by molar-refractivity contribution is -0.165. The summed E-state index contributed by atoms with van der Waals surface area (Å²) in [5.74, 6) is 0.0993. The van der Waals surface area contributed by atoms with Crippen LogP contribution in [0.4, 0.5) is 0 Å². The Bertz CT molecular complexity index is 1290. The maximum Gasteiger partial charge on any atom is 0.220 e. The van der Waals surface area contributed by atoms with Crippen molar-refractivity contribution in [1.29, 1.82) is 0 Å². The number of carbonyl (C=O) groups excluding carboxylic acids is 1. The molecule has 47 heavy (non-hydrogen) atoms. The Morgan fingerprint density at radius 1 is 0.702 bits per heavy atom. The van der Waals surface area contributed by atoms with Gasteiger partial charge in [-0.05, 0) is 113 Å². The monoisotopic (exact) mass is 728 g/mol. The van der Waals surface area contributed by atoms with Crippen LogP contribution in [0.5, 0.6) is 0 Å². The molecule has 0 saturated carbocycles. The van der Waals surface area contributed by atoms with Crippen LogP contribution in [0.3, 0.4) is 0 Å². The van der Waals surface area contributed by atoms with Gasteiger partial charge in [-0.15, -0.1) is 0 Å². The van der Waals surface area contributed by atoms with Gasteiger partial charge in [-0.3, -0.25) is 4.79 Å². The Balaban J connectivity index is 0.000000185. The minimum Gasteiger partial charge on any atom is -0.355 e. The average molecular weight is 731 g/mol. The fourth-order valence-corrected chi connectivity index (χ4v) is 7.68. The lowest BCUT2D eigenvalue weighted by atomic mass is 9.72. The standard InChI is InChI=1S/C18H23Cl2NO3.C18H25Cl2NO2/c19-14-5-4-13(11-15(14)20)18(7-6-16(22)21-12-18)8-10-24-17-3-1-2-9-23-17;19-15-6-5-14(12-16(15)20)18(7-3-9-21-13-18)8-11-23-17-4-1-2-10-22-17/h4-5,11,17H,1-3,6-10,12H2,(H,21,22);5-6,12,17,21H,1-4,7-11,13H2. The van der Waals surface area contributed by atoms with E-state index in [4.69, 9.17) is 65.4 Å². The maximum atomic E-state index is 11.6. The number of halogens is 4. The smallest absolute Gasteiger partial charge is 0.220 e. The van der Waals surface area contributed by atoms with E-state index >= 15 is 0 Å². The second-order valence-electron chi connectivity index (χ2n) is 13.2. The number of hydrogen-bond donors (Lipinski definition) is 2. The van der Waals surface area contributed by atoms with Crippen LogP contribution in [-0.2, 0) is 34.6 Å². The van der Waals surface area contributed by atoms with E-state index in [9.17, 15) is 4.79 Å². The minimum absolute atomic E-state index is 0.0221. The highest BCUT2D eigenvalue weighted by Gasteiger charge is 2.37. The van der Waals surface area contributed by atoms with Gasteiger partial charge in [0.1, 0.15) is 0 Å². The van der Waals surface area contributed by atoms with Crippen LogP contribution in [0.15, 0.2) is 36.4 Å². The van der Waals surface area contributed by atoms with E-state index in [2.05, 4.69) is 16.7 Å². The molecule has 7 nitrogen and oxygen atoms in total. The lowest BCUT2D eigenvalue weighted by Crippen LogP contribution is -2.47. The average Bonchev–Trinajstić information content (AvgIpc) is 3.10. The Labute approximate surface area is 299 Å². The second kappa shape index (κ2) is 18.2. The third kappa shape index (κ3) is 10.4. The fourth-order valence-electron chi connectivity index (χ4n) is 7.08. The largest absolute Gasteiger partial charge is 0.355 e. The van der Waals surface area contributed by atoms with Crippen molar-refractivity contribution in [2.45, 2.75) is 100 Å². The Hall–Kier alpha value is -1.13. The highest BCUT2D eigenvalue weighted by atomic mass is 35.5. The molecule has 260 valence electrons. The summed E-state index contributed by atoms with van der Waals surface area (Å²) in [7, 11) is 0. The number of carbonyl (C=O) groups is 1. The van der Waals surface area contributed by atoms with E-state index in [0.29, 0.717) is 46.3 Å². The lowest BCUT2D eigenvalue weighted by Gasteiger charge is -2.39.